The molecule has 1 saturated carbocycles. The minimum atomic E-state index is 0.640. The Morgan fingerprint density at radius 3 is 2.83 bits per heavy atom. The average Bonchev–Trinajstić information content (AvgIpc) is 2.92. The summed E-state index contributed by atoms with van der Waals surface area (Å²) in [4.78, 5) is 0. The van der Waals surface area contributed by atoms with Crippen molar-refractivity contribution in [2.75, 3.05) is 13.1 Å². The van der Waals surface area contributed by atoms with Crippen molar-refractivity contribution in [3.8, 4) is 0 Å². The number of rotatable bonds is 1. The van der Waals surface area contributed by atoms with Gasteiger partial charge < -0.3 is 9.88 Å². The lowest BCUT2D eigenvalue weighted by Gasteiger charge is -2.39. The number of nitrogens with zero attached hydrogens (tertiary/aromatic N) is 1. The van der Waals surface area contributed by atoms with Crippen LogP contribution in [0.2, 0.25) is 0 Å². The van der Waals surface area contributed by atoms with Gasteiger partial charge in [0.25, 0.3) is 0 Å². The van der Waals surface area contributed by atoms with Crippen molar-refractivity contribution in [1.29, 1.82) is 0 Å². The van der Waals surface area contributed by atoms with E-state index in [1.165, 1.54) is 43.3 Å². The zero-order chi connectivity index (χ0) is 12.2. The monoisotopic (exact) mass is 240 g/mol. The second-order valence-corrected chi connectivity index (χ2v) is 6.26. The molecule has 2 nitrogen and oxygen atoms in total. The van der Waals surface area contributed by atoms with Gasteiger partial charge >= 0.3 is 0 Å². The fraction of sp³-hybridized carbons (Fsp3) is 0.500. The molecule has 18 heavy (non-hydrogen) atoms. The Labute approximate surface area is 108 Å². The molecule has 1 N–H and O–H groups in total. The summed E-state index contributed by atoms with van der Waals surface area (Å²) in [7, 11) is 2.17. The van der Waals surface area contributed by atoms with Crippen LogP contribution < -0.4 is 5.32 Å². The highest BCUT2D eigenvalue weighted by Gasteiger charge is 2.44. The van der Waals surface area contributed by atoms with E-state index in [4.69, 9.17) is 0 Å². The largest absolute Gasteiger partial charge is 0.350 e. The van der Waals surface area contributed by atoms with Crippen LogP contribution in [0.3, 0.4) is 0 Å². The summed E-state index contributed by atoms with van der Waals surface area (Å²) in [6.07, 6.45) is 6.53. The molecule has 1 aliphatic heterocycles. The van der Waals surface area contributed by atoms with Gasteiger partial charge in [-0.25, -0.2) is 0 Å². The van der Waals surface area contributed by atoms with Gasteiger partial charge in [0, 0.05) is 37.2 Å². The van der Waals surface area contributed by atoms with Crippen LogP contribution in [0.25, 0.3) is 10.9 Å². The standard InChI is InChI=1S/C16H20N2/c1-18-9-14(13-4-2-3-5-15(13)18)12-6-7-16(8-12)10-17-11-16/h2-5,9,12,17H,6-8,10-11H2,1H3. The van der Waals surface area contributed by atoms with Gasteiger partial charge in [-0.2, -0.15) is 0 Å². The maximum Gasteiger partial charge on any atom is 0.0480 e. The lowest BCUT2D eigenvalue weighted by Crippen LogP contribution is -2.51. The first-order valence-electron chi connectivity index (χ1n) is 7.02. The summed E-state index contributed by atoms with van der Waals surface area (Å²) in [5.41, 5.74) is 3.60. The van der Waals surface area contributed by atoms with Gasteiger partial charge in [-0.15, -0.1) is 0 Å². The lowest BCUT2D eigenvalue weighted by atomic mass is 9.79. The second-order valence-electron chi connectivity index (χ2n) is 6.26. The third kappa shape index (κ3) is 1.39. The quantitative estimate of drug-likeness (QED) is 0.810. The van der Waals surface area contributed by atoms with E-state index in [1.807, 2.05) is 0 Å². The molecule has 1 unspecified atom stereocenters. The van der Waals surface area contributed by atoms with Gasteiger partial charge in [0.05, 0.1) is 0 Å². The smallest absolute Gasteiger partial charge is 0.0480 e. The first-order valence-corrected chi connectivity index (χ1v) is 7.02. The molecule has 2 fully saturated rings. The summed E-state index contributed by atoms with van der Waals surface area (Å²) < 4.78 is 2.29. The van der Waals surface area contributed by atoms with Gasteiger partial charge in [0.15, 0.2) is 0 Å². The normalized spacial score (nSPS) is 25.7. The third-order valence-corrected chi connectivity index (χ3v) is 5.07. The van der Waals surface area contributed by atoms with Crippen LogP contribution >= 0.6 is 0 Å². The van der Waals surface area contributed by atoms with Crippen LogP contribution in [0.15, 0.2) is 30.5 Å². The highest BCUT2D eigenvalue weighted by atomic mass is 15.0. The molecule has 0 amide bonds. The van der Waals surface area contributed by atoms with Gasteiger partial charge in [-0.05, 0) is 42.2 Å². The van der Waals surface area contributed by atoms with E-state index < -0.39 is 0 Å². The van der Waals surface area contributed by atoms with Crippen molar-refractivity contribution in [3.63, 3.8) is 0 Å². The highest BCUT2D eigenvalue weighted by molar-refractivity contribution is 5.84. The van der Waals surface area contributed by atoms with E-state index in [2.05, 4.69) is 47.4 Å². The molecule has 1 atom stereocenters. The van der Waals surface area contributed by atoms with Crippen LogP contribution in [-0.2, 0) is 7.05 Å². The van der Waals surface area contributed by atoms with Crippen molar-refractivity contribution < 1.29 is 0 Å². The highest BCUT2D eigenvalue weighted by Crippen LogP contribution is 2.50. The summed E-state index contributed by atoms with van der Waals surface area (Å²) in [5, 5.41) is 4.92. The predicted octanol–water partition coefficient (Wildman–Crippen LogP) is 3.04. The second kappa shape index (κ2) is 3.61. The van der Waals surface area contributed by atoms with E-state index >= 15 is 0 Å². The van der Waals surface area contributed by atoms with Gasteiger partial charge in [-0.1, -0.05) is 18.2 Å². The zero-order valence-corrected chi connectivity index (χ0v) is 10.9. The number of aryl methyl sites for hydroxylation is 1. The fourth-order valence-corrected chi connectivity index (χ4v) is 3.97. The first kappa shape index (κ1) is 10.6. The fourth-order valence-electron chi connectivity index (χ4n) is 3.97. The number of benzene rings is 1. The molecule has 2 aromatic rings. The number of nitrogens with one attached hydrogen (secondary N) is 1. The van der Waals surface area contributed by atoms with E-state index in [0.29, 0.717) is 5.41 Å². The number of aromatic nitrogens is 1. The molecule has 1 aliphatic carbocycles. The minimum Gasteiger partial charge on any atom is -0.350 e. The van der Waals surface area contributed by atoms with Gasteiger partial charge in [0.2, 0.25) is 0 Å². The number of hydrogen-bond donors (Lipinski definition) is 1. The number of para-hydroxylation sites is 1. The SMILES string of the molecule is Cn1cc(C2CCC3(CNC3)C2)c2ccccc21. The topological polar surface area (TPSA) is 17.0 Å². The molecule has 2 aliphatic rings. The molecule has 94 valence electrons. The Kier molecular flexibility index (Phi) is 2.13. The van der Waals surface area contributed by atoms with E-state index in [1.54, 1.807) is 5.56 Å². The van der Waals surface area contributed by atoms with Crippen molar-refractivity contribution in [3.05, 3.63) is 36.0 Å². The Balaban J connectivity index is 1.75. The number of fused-ring (bicyclic) bond motifs is 1. The zero-order valence-electron chi connectivity index (χ0n) is 10.9. The molecular formula is C16H20N2. The van der Waals surface area contributed by atoms with Crippen molar-refractivity contribution in [2.24, 2.45) is 12.5 Å². The Morgan fingerprint density at radius 2 is 2.11 bits per heavy atom. The predicted molar refractivity (Wildman–Crippen MR) is 74.8 cm³/mol. The van der Waals surface area contributed by atoms with Gasteiger partial charge in [-0.3, -0.25) is 0 Å². The first-order chi connectivity index (χ1) is 8.77. The molecule has 1 aromatic heterocycles. The van der Waals surface area contributed by atoms with Crippen LogP contribution in [0.4, 0.5) is 0 Å². The molecule has 1 spiro atoms. The van der Waals surface area contributed by atoms with Crippen LogP contribution in [-0.4, -0.2) is 17.7 Å². The van der Waals surface area contributed by atoms with E-state index in [-0.39, 0.29) is 0 Å². The van der Waals surface area contributed by atoms with Crippen LogP contribution in [0, 0.1) is 5.41 Å². The van der Waals surface area contributed by atoms with Crippen LogP contribution in [0.1, 0.15) is 30.7 Å². The maximum atomic E-state index is 3.45. The van der Waals surface area contributed by atoms with Crippen molar-refractivity contribution in [1.82, 2.24) is 9.88 Å². The number of hydrogen-bond acceptors (Lipinski definition) is 1. The summed E-state index contributed by atoms with van der Waals surface area (Å²) >= 11 is 0. The molecule has 0 bridgehead atoms. The van der Waals surface area contributed by atoms with E-state index in [9.17, 15) is 0 Å². The molecule has 0 radical (unpaired) electrons. The Bertz CT molecular complexity index is 592. The van der Waals surface area contributed by atoms with Crippen molar-refractivity contribution >= 4 is 10.9 Å². The minimum absolute atomic E-state index is 0.640. The molecule has 2 heterocycles. The summed E-state index contributed by atoms with van der Waals surface area (Å²) in [6.45, 7) is 2.49. The van der Waals surface area contributed by atoms with Gasteiger partial charge in [0.1, 0.15) is 0 Å². The van der Waals surface area contributed by atoms with Crippen molar-refractivity contribution in [2.45, 2.75) is 25.2 Å². The summed E-state index contributed by atoms with van der Waals surface area (Å²) in [6, 6.07) is 8.82. The average molecular weight is 240 g/mol. The van der Waals surface area contributed by atoms with E-state index in [0.717, 1.165) is 5.92 Å². The molecular weight excluding hydrogens is 220 g/mol. The lowest BCUT2D eigenvalue weighted by molar-refractivity contribution is 0.175. The maximum absolute atomic E-state index is 3.45. The van der Waals surface area contributed by atoms with Crippen LogP contribution in [0.5, 0.6) is 0 Å². The third-order valence-electron chi connectivity index (χ3n) is 5.07. The molecule has 1 aromatic carbocycles. The molecule has 1 saturated heterocycles. The summed E-state index contributed by atoms with van der Waals surface area (Å²) in [5.74, 6) is 0.776. The molecule has 2 heteroatoms. The Morgan fingerprint density at radius 1 is 1.28 bits per heavy atom. The Hall–Kier alpha value is -1.28. The molecule has 4 rings (SSSR count).